The third-order valence-corrected chi connectivity index (χ3v) is 2.84. The van der Waals surface area contributed by atoms with Crippen LogP contribution in [0.5, 0.6) is 5.88 Å². The number of hydrogen-bond acceptors (Lipinski definition) is 7. The minimum Gasteiger partial charge on any atom is -0.494 e. The number of nitrogens with one attached hydrogen (secondary N) is 3. The highest BCUT2D eigenvalue weighted by Crippen LogP contribution is 2.12. The number of carbonyl (C=O) groups excluding carboxylic acids is 1. The van der Waals surface area contributed by atoms with Gasteiger partial charge in [0.05, 0.1) is 11.1 Å². The Morgan fingerprint density at radius 2 is 2.17 bits per heavy atom. The van der Waals surface area contributed by atoms with E-state index in [1.807, 2.05) is 0 Å². The van der Waals surface area contributed by atoms with Gasteiger partial charge in [-0.05, 0) is 18.3 Å². The number of amides is 1. The molecule has 2 aromatic rings. The molecule has 0 atom stereocenters. The Bertz CT molecular complexity index is 917. The fraction of sp³-hybridized carbons (Fsp3) is 0. The third-order valence-electron chi connectivity index (χ3n) is 2.64. The zero-order valence-electron chi connectivity index (χ0n) is 11.3. The highest BCUT2D eigenvalue weighted by atomic mass is 32.1. The molecular weight excluding hydrogens is 326 g/mol. The molecule has 23 heavy (non-hydrogen) atoms. The average Bonchev–Trinajstić information content (AvgIpc) is 2.49. The molecule has 0 spiro atoms. The standard InChI is InChI=1S/C12H9N5O5S/c18-9(6-2-1-3-7(4-6)17(21)22)16-13-5-8-10(19)14-12(23)15-11(8)20/h1-5H,(H,16,18)(H3,14,15,19,20,23). The number of nitro benzene ring substituents is 1. The quantitative estimate of drug-likeness (QED) is 0.280. The lowest BCUT2D eigenvalue weighted by Crippen LogP contribution is -2.19. The number of hydrogen-bond donors (Lipinski definition) is 4. The van der Waals surface area contributed by atoms with Crippen molar-refractivity contribution in [2.75, 3.05) is 0 Å². The van der Waals surface area contributed by atoms with Gasteiger partial charge in [0.2, 0.25) is 5.88 Å². The normalized spacial score (nSPS) is 10.6. The van der Waals surface area contributed by atoms with Gasteiger partial charge in [0, 0.05) is 17.7 Å². The zero-order chi connectivity index (χ0) is 17.0. The monoisotopic (exact) mass is 335 g/mol. The number of non-ortho nitro benzene ring substituents is 1. The molecule has 4 N–H and O–H groups in total. The van der Waals surface area contributed by atoms with Crippen molar-refractivity contribution in [2.45, 2.75) is 0 Å². The molecule has 0 saturated carbocycles. The summed E-state index contributed by atoms with van der Waals surface area (Å²) in [4.78, 5) is 37.9. The molecular formula is C12H9N5O5S. The lowest BCUT2D eigenvalue weighted by atomic mass is 10.2. The number of rotatable bonds is 4. The molecule has 0 radical (unpaired) electrons. The van der Waals surface area contributed by atoms with Gasteiger partial charge in [0.25, 0.3) is 17.2 Å². The first kappa shape index (κ1) is 16.0. The molecule has 0 fully saturated rings. The van der Waals surface area contributed by atoms with E-state index in [2.05, 4.69) is 32.7 Å². The zero-order valence-corrected chi connectivity index (χ0v) is 12.1. The Morgan fingerprint density at radius 3 is 2.83 bits per heavy atom. The minimum absolute atomic E-state index is 0.0157. The van der Waals surface area contributed by atoms with Crippen molar-refractivity contribution in [2.24, 2.45) is 5.10 Å². The highest BCUT2D eigenvalue weighted by Gasteiger charge is 2.11. The summed E-state index contributed by atoms with van der Waals surface area (Å²) in [6.07, 6.45) is 0.911. The van der Waals surface area contributed by atoms with Crippen molar-refractivity contribution in [3.8, 4) is 5.88 Å². The van der Waals surface area contributed by atoms with E-state index in [0.717, 1.165) is 12.3 Å². The van der Waals surface area contributed by atoms with Gasteiger partial charge in [-0.3, -0.25) is 24.7 Å². The second-order valence-corrected chi connectivity index (χ2v) is 4.59. The Morgan fingerprint density at radius 1 is 1.43 bits per heavy atom. The van der Waals surface area contributed by atoms with Crippen LogP contribution in [0.15, 0.2) is 34.2 Å². The Labute approximate surface area is 132 Å². The molecule has 1 amide bonds. The van der Waals surface area contributed by atoms with Gasteiger partial charge in [-0.25, -0.2) is 5.43 Å². The van der Waals surface area contributed by atoms with Crippen molar-refractivity contribution in [1.82, 2.24) is 15.4 Å². The lowest BCUT2D eigenvalue weighted by Gasteiger charge is -2.00. The maximum atomic E-state index is 11.8. The van der Waals surface area contributed by atoms with Crippen molar-refractivity contribution >= 4 is 30.0 Å². The number of hydrazone groups is 1. The van der Waals surface area contributed by atoms with Crippen LogP contribution >= 0.6 is 12.2 Å². The number of nitro groups is 1. The largest absolute Gasteiger partial charge is 0.494 e. The van der Waals surface area contributed by atoms with Crippen LogP contribution in [0.25, 0.3) is 0 Å². The predicted molar refractivity (Wildman–Crippen MR) is 82.1 cm³/mol. The van der Waals surface area contributed by atoms with Crippen LogP contribution in [-0.4, -0.2) is 32.1 Å². The Balaban J connectivity index is 2.16. The first-order chi connectivity index (χ1) is 10.9. The summed E-state index contributed by atoms with van der Waals surface area (Å²) < 4.78 is -0.0646. The molecule has 0 aliphatic heterocycles. The summed E-state index contributed by atoms with van der Waals surface area (Å²) in [6.45, 7) is 0. The average molecular weight is 335 g/mol. The number of aromatic nitrogens is 2. The highest BCUT2D eigenvalue weighted by molar-refractivity contribution is 7.71. The molecule has 0 saturated heterocycles. The molecule has 0 aliphatic carbocycles. The Kier molecular flexibility index (Phi) is 4.61. The molecule has 2 rings (SSSR count). The van der Waals surface area contributed by atoms with Gasteiger partial charge in [-0.2, -0.15) is 5.10 Å². The van der Waals surface area contributed by atoms with Crippen LogP contribution in [0, 0.1) is 14.9 Å². The first-order valence-corrected chi connectivity index (χ1v) is 6.42. The number of aromatic hydroxyl groups is 1. The van der Waals surface area contributed by atoms with Gasteiger partial charge in [0.15, 0.2) is 4.77 Å². The van der Waals surface area contributed by atoms with Gasteiger partial charge >= 0.3 is 0 Å². The van der Waals surface area contributed by atoms with Crippen LogP contribution in [0.4, 0.5) is 5.69 Å². The molecule has 1 aromatic carbocycles. The maximum absolute atomic E-state index is 11.8. The van der Waals surface area contributed by atoms with Crippen LogP contribution in [0.2, 0.25) is 0 Å². The summed E-state index contributed by atoms with van der Waals surface area (Å²) in [7, 11) is 0. The molecule has 11 heteroatoms. The van der Waals surface area contributed by atoms with Gasteiger partial charge in [0.1, 0.15) is 5.56 Å². The fourth-order valence-electron chi connectivity index (χ4n) is 1.58. The van der Waals surface area contributed by atoms with Crippen LogP contribution < -0.4 is 11.0 Å². The van der Waals surface area contributed by atoms with E-state index in [-0.39, 0.29) is 21.6 Å². The van der Waals surface area contributed by atoms with Gasteiger partial charge < -0.3 is 10.1 Å². The molecule has 0 aliphatic rings. The summed E-state index contributed by atoms with van der Waals surface area (Å²) in [5, 5.41) is 23.7. The molecule has 118 valence electrons. The topological polar surface area (TPSA) is 153 Å². The molecule has 10 nitrogen and oxygen atoms in total. The molecule has 0 unspecified atom stereocenters. The summed E-state index contributed by atoms with van der Waals surface area (Å²) >= 11 is 4.66. The van der Waals surface area contributed by atoms with E-state index in [0.29, 0.717) is 0 Å². The van der Waals surface area contributed by atoms with E-state index in [9.17, 15) is 24.8 Å². The molecule has 1 aromatic heterocycles. The predicted octanol–water partition coefficient (Wildman–Crippen LogP) is 0.810. The Hall–Kier alpha value is -3.34. The fourth-order valence-corrected chi connectivity index (χ4v) is 1.77. The van der Waals surface area contributed by atoms with Crippen LogP contribution in [0.3, 0.4) is 0 Å². The van der Waals surface area contributed by atoms with Crippen LogP contribution in [0.1, 0.15) is 15.9 Å². The van der Waals surface area contributed by atoms with E-state index in [1.54, 1.807) is 0 Å². The van der Waals surface area contributed by atoms with Crippen molar-refractivity contribution in [1.29, 1.82) is 0 Å². The van der Waals surface area contributed by atoms with E-state index < -0.39 is 22.3 Å². The molecule has 0 bridgehead atoms. The number of nitrogens with zero attached hydrogens (tertiary/aromatic N) is 2. The maximum Gasteiger partial charge on any atom is 0.271 e. The lowest BCUT2D eigenvalue weighted by molar-refractivity contribution is -0.384. The van der Waals surface area contributed by atoms with E-state index in [1.165, 1.54) is 18.2 Å². The summed E-state index contributed by atoms with van der Waals surface area (Å²) in [6, 6.07) is 5.03. The SMILES string of the molecule is O=C(NN=Cc1c(O)[nH]c(=S)[nH]c1=O)c1cccc([N+](=O)[O-])c1. The second-order valence-electron chi connectivity index (χ2n) is 4.18. The summed E-state index contributed by atoms with van der Waals surface area (Å²) in [5.74, 6) is -1.23. The number of benzene rings is 1. The summed E-state index contributed by atoms with van der Waals surface area (Å²) in [5.41, 5.74) is 0.925. The first-order valence-electron chi connectivity index (χ1n) is 6.02. The third kappa shape index (κ3) is 3.85. The molecule has 1 heterocycles. The minimum atomic E-state index is -0.718. The smallest absolute Gasteiger partial charge is 0.271 e. The van der Waals surface area contributed by atoms with E-state index in [4.69, 9.17) is 0 Å². The van der Waals surface area contributed by atoms with Crippen molar-refractivity contribution in [3.05, 3.63) is 60.6 Å². The van der Waals surface area contributed by atoms with Gasteiger partial charge in [-0.1, -0.05) is 6.07 Å². The second kappa shape index (κ2) is 6.62. The number of carbonyl (C=O) groups is 1. The van der Waals surface area contributed by atoms with Crippen LogP contribution in [-0.2, 0) is 0 Å². The van der Waals surface area contributed by atoms with Crippen molar-refractivity contribution in [3.63, 3.8) is 0 Å². The number of H-pyrrole nitrogens is 2. The van der Waals surface area contributed by atoms with Crippen molar-refractivity contribution < 1.29 is 14.8 Å². The number of aromatic amines is 2. The van der Waals surface area contributed by atoms with Gasteiger partial charge in [-0.15, -0.1) is 0 Å². The van der Waals surface area contributed by atoms with E-state index >= 15 is 0 Å².